The van der Waals surface area contributed by atoms with E-state index in [0.29, 0.717) is 16.7 Å². The van der Waals surface area contributed by atoms with E-state index in [2.05, 4.69) is 0 Å². The molecule has 0 unspecified atom stereocenters. The van der Waals surface area contributed by atoms with Crippen molar-refractivity contribution in [3.63, 3.8) is 0 Å². The van der Waals surface area contributed by atoms with Crippen LogP contribution in [0.25, 0.3) is 33.0 Å². The Balaban J connectivity index is 2.22. The molecular formula is C24H18O3. The van der Waals surface area contributed by atoms with Gasteiger partial charge in [-0.2, -0.15) is 0 Å². The predicted molar refractivity (Wildman–Crippen MR) is 107 cm³/mol. The van der Waals surface area contributed by atoms with Crippen molar-refractivity contribution in [1.82, 2.24) is 0 Å². The van der Waals surface area contributed by atoms with Crippen LogP contribution in [-0.4, -0.2) is 18.9 Å². The monoisotopic (exact) mass is 354 g/mol. The zero-order valence-electron chi connectivity index (χ0n) is 15.2. The van der Waals surface area contributed by atoms with Gasteiger partial charge in [0.15, 0.2) is 5.78 Å². The molecule has 27 heavy (non-hydrogen) atoms. The number of fused-ring (bicyclic) bond motifs is 2. The third-order valence-corrected chi connectivity index (χ3v) is 4.88. The SMILES string of the molecule is COC(=O)c1c2cccccc-2c(C(C)=O)c1-c1cccc2ccccc12. The molecule has 2 aromatic rings. The molecule has 0 bridgehead atoms. The maximum Gasteiger partial charge on any atom is 0.339 e. The summed E-state index contributed by atoms with van der Waals surface area (Å²) in [6, 6.07) is 23.2. The van der Waals surface area contributed by atoms with Gasteiger partial charge >= 0.3 is 5.97 Å². The summed E-state index contributed by atoms with van der Waals surface area (Å²) < 4.78 is 5.09. The van der Waals surface area contributed by atoms with Crippen LogP contribution in [0.4, 0.5) is 0 Å². The number of methoxy groups -OCH3 is 1. The molecule has 0 fully saturated rings. The zero-order chi connectivity index (χ0) is 19.0. The van der Waals surface area contributed by atoms with E-state index in [1.165, 1.54) is 14.0 Å². The molecule has 4 rings (SSSR count). The number of carbonyl (C=O) groups excluding carboxylic acids is 2. The number of hydrogen-bond donors (Lipinski definition) is 0. The number of rotatable bonds is 3. The lowest BCUT2D eigenvalue weighted by Crippen LogP contribution is -2.03. The second-order valence-electron chi connectivity index (χ2n) is 6.44. The van der Waals surface area contributed by atoms with E-state index >= 15 is 0 Å². The highest BCUT2D eigenvalue weighted by molar-refractivity contribution is 6.20. The van der Waals surface area contributed by atoms with Gasteiger partial charge in [-0.3, -0.25) is 4.79 Å². The molecule has 3 heteroatoms. The maximum atomic E-state index is 12.8. The minimum Gasteiger partial charge on any atom is -0.465 e. The van der Waals surface area contributed by atoms with Crippen LogP contribution >= 0.6 is 0 Å². The van der Waals surface area contributed by atoms with Crippen molar-refractivity contribution < 1.29 is 14.3 Å². The fourth-order valence-corrected chi connectivity index (χ4v) is 3.77. The molecule has 2 aromatic carbocycles. The van der Waals surface area contributed by atoms with E-state index in [1.54, 1.807) is 0 Å². The number of benzene rings is 2. The fourth-order valence-electron chi connectivity index (χ4n) is 3.77. The van der Waals surface area contributed by atoms with Gasteiger partial charge in [-0.25, -0.2) is 4.79 Å². The molecule has 2 aliphatic carbocycles. The van der Waals surface area contributed by atoms with Crippen LogP contribution < -0.4 is 0 Å². The lowest BCUT2D eigenvalue weighted by Gasteiger charge is -2.10. The summed E-state index contributed by atoms with van der Waals surface area (Å²) in [5.74, 6) is -0.522. The van der Waals surface area contributed by atoms with Crippen molar-refractivity contribution >= 4 is 22.5 Å². The van der Waals surface area contributed by atoms with E-state index in [0.717, 1.165) is 27.5 Å². The summed E-state index contributed by atoms with van der Waals surface area (Å²) in [6.45, 7) is 1.54. The number of ether oxygens (including phenoxy) is 1. The van der Waals surface area contributed by atoms with Gasteiger partial charge in [0.25, 0.3) is 0 Å². The average Bonchev–Trinajstić information content (AvgIpc) is 2.83. The maximum absolute atomic E-state index is 12.8. The summed E-state index contributed by atoms with van der Waals surface area (Å²) >= 11 is 0. The molecule has 0 amide bonds. The van der Waals surface area contributed by atoms with Crippen molar-refractivity contribution in [3.8, 4) is 22.3 Å². The van der Waals surface area contributed by atoms with Crippen LogP contribution in [0.2, 0.25) is 0 Å². The minimum absolute atomic E-state index is 0.0794. The first-order valence-corrected chi connectivity index (χ1v) is 8.75. The van der Waals surface area contributed by atoms with Crippen molar-refractivity contribution in [2.45, 2.75) is 6.92 Å². The van der Waals surface area contributed by atoms with Gasteiger partial charge in [0.2, 0.25) is 0 Å². The molecule has 0 aliphatic heterocycles. The molecule has 0 N–H and O–H groups in total. The molecular weight excluding hydrogens is 336 g/mol. The fraction of sp³-hybridized carbons (Fsp3) is 0.0833. The summed E-state index contributed by atoms with van der Waals surface area (Å²) in [7, 11) is 1.37. The molecule has 3 nitrogen and oxygen atoms in total. The molecule has 0 spiro atoms. The largest absolute Gasteiger partial charge is 0.465 e. The predicted octanol–water partition coefficient (Wildman–Crippen LogP) is 5.60. The lowest BCUT2D eigenvalue weighted by atomic mass is 9.93. The van der Waals surface area contributed by atoms with E-state index in [4.69, 9.17) is 4.74 Å². The van der Waals surface area contributed by atoms with E-state index in [9.17, 15) is 9.59 Å². The Hall–Kier alpha value is -3.46. The molecule has 0 saturated heterocycles. The summed E-state index contributed by atoms with van der Waals surface area (Å²) in [4.78, 5) is 25.4. The highest BCUT2D eigenvalue weighted by Crippen LogP contribution is 2.44. The Bertz CT molecular complexity index is 1150. The highest BCUT2D eigenvalue weighted by atomic mass is 16.5. The van der Waals surface area contributed by atoms with Gasteiger partial charge in [0.1, 0.15) is 0 Å². The Morgan fingerprint density at radius 1 is 0.704 bits per heavy atom. The molecule has 2 aliphatic rings. The normalized spacial score (nSPS) is 10.9. The Morgan fingerprint density at radius 2 is 1.30 bits per heavy atom. The van der Waals surface area contributed by atoms with E-state index in [-0.39, 0.29) is 5.78 Å². The van der Waals surface area contributed by atoms with Gasteiger partial charge in [0.05, 0.1) is 12.7 Å². The van der Waals surface area contributed by atoms with Gasteiger partial charge < -0.3 is 4.74 Å². The Labute approximate surface area is 157 Å². The number of Topliss-reactive ketones (excluding diaryl/α,β-unsaturated/α-hetero) is 1. The summed E-state index contributed by atoms with van der Waals surface area (Å²) in [5, 5.41) is 2.04. The first-order valence-electron chi connectivity index (χ1n) is 8.75. The lowest BCUT2D eigenvalue weighted by molar-refractivity contribution is 0.0603. The van der Waals surface area contributed by atoms with Crippen LogP contribution in [0.15, 0.2) is 72.8 Å². The van der Waals surface area contributed by atoms with Crippen LogP contribution in [0.5, 0.6) is 0 Å². The second-order valence-corrected chi connectivity index (χ2v) is 6.44. The second kappa shape index (κ2) is 6.69. The van der Waals surface area contributed by atoms with Crippen LogP contribution in [0.3, 0.4) is 0 Å². The van der Waals surface area contributed by atoms with Gasteiger partial charge in [-0.05, 0) is 34.4 Å². The minimum atomic E-state index is -0.443. The third-order valence-electron chi connectivity index (χ3n) is 4.88. The van der Waals surface area contributed by atoms with Crippen LogP contribution in [0, 0.1) is 0 Å². The summed E-state index contributed by atoms with van der Waals surface area (Å²) in [6.07, 6.45) is 0. The first kappa shape index (κ1) is 17.0. The summed E-state index contributed by atoms with van der Waals surface area (Å²) in [5.41, 5.74) is 3.98. The smallest absolute Gasteiger partial charge is 0.339 e. The van der Waals surface area contributed by atoms with Crippen molar-refractivity contribution in [2.75, 3.05) is 7.11 Å². The van der Waals surface area contributed by atoms with Gasteiger partial charge in [-0.15, -0.1) is 0 Å². The van der Waals surface area contributed by atoms with Gasteiger partial charge in [-0.1, -0.05) is 72.8 Å². The molecule has 0 saturated carbocycles. The zero-order valence-corrected chi connectivity index (χ0v) is 15.2. The first-order chi connectivity index (χ1) is 13.1. The van der Waals surface area contributed by atoms with Crippen molar-refractivity contribution in [2.24, 2.45) is 0 Å². The molecule has 0 heterocycles. The number of hydrogen-bond acceptors (Lipinski definition) is 3. The molecule has 0 aromatic heterocycles. The van der Waals surface area contributed by atoms with Gasteiger partial charge in [0, 0.05) is 11.1 Å². The van der Waals surface area contributed by atoms with Crippen molar-refractivity contribution in [3.05, 3.63) is 83.9 Å². The third kappa shape index (κ3) is 2.68. The standard InChI is InChI=1S/C24H18O3/c1-15(25)21-19-12-4-3-5-13-20(19)23(24(26)27-2)22(21)18-14-8-10-16-9-6-7-11-17(16)18/h3-14H,1-2H3. The average molecular weight is 354 g/mol. The van der Waals surface area contributed by atoms with E-state index in [1.807, 2.05) is 72.8 Å². The quantitative estimate of drug-likeness (QED) is 0.355. The number of esters is 1. The van der Waals surface area contributed by atoms with Crippen LogP contribution in [-0.2, 0) is 4.74 Å². The Morgan fingerprint density at radius 3 is 2.00 bits per heavy atom. The molecule has 0 radical (unpaired) electrons. The van der Waals surface area contributed by atoms with Crippen LogP contribution in [0.1, 0.15) is 27.6 Å². The number of carbonyl (C=O) groups is 2. The van der Waals surface area contributed by atoms with Crippen molar-refractivity contribution in [1.29, 1.82) is 0 Å². The molecule has 0 atom stereocenters. The topological polar surface area (TPSA) is 43.4 Å². The number of ketones is 1. The Kier molecular flexibility index (Phi) is 4.21. The van der Waals surface area contributed by atoms with E-state index < -0.39 is 5.97 Å². The highest BCUT2D eigenvalue weighted by Gasteiger charge is 2.30. The molecule has 132 valence electrons.